The molecule has 0 amide bonds. The van der Waals surface area contributed by atoms with Crippen LogP contribution < -0.4 is 0 Å². The first-order valence-electron chi connectivity index (χ1n) is 8.32. The number of hydrogen-bond donors (Lipinski definition) is 1. The Hall–Kier alpha value is -0.940. The first-order chi connectivity index (χ1) is 10.3. The second-order valence-electron chi connectivity index (χ2n) is 6.55. The molecule has 3 rings (SSSR count). The lowest BCUT2D eigenvalue weighted by Crippen LogP contribution is -2.19. The number of aliphatic hydroxyl groups excluding tert-OH is 1. The van der Waals surface area contributed by atoms with Crippen LogP contribution in [0.5, 0.6) is 0 Å². The van der Waals surface area contributed by atoms with Gasteiger partial charge in [-0.3, -0.25) is 0 Å². The zero-order chi connectivity index (χ0) is 14.7. The summed E-state index contributed by atoms with van der Waals surface area (Å²) in [5, 5.41) is 13.8. The van der Waals surface area contributed by atoms with E-state index in [1.807, 2.05) is 0 Å². The van der Waals surface area contributed by atoms with E-state index in [9.17, 15) is 5.11 Å². The van der Waals surface area contributed by atoms with Gasteiger partial charge in [-0.1, -0.05) is 24.4 Å². The fraction of sp³-hybridized carbons (Fsp3) is 0.875. The molecule has 1 heterocycles. The molecule has 21 heavy (non-hydrogen) atoms. The van der Waals surface area contributed by atoms with Crippen molar-refractivity contribution in [3.63, 3.8) is 0 Å². The van der Waals surface area contributed by atoms with E-state index in [-0.39, 0.29) is 12.2 Å². The molecular formula is C16H26N2O3. The lowest BCUT2D eigenvalue weighted by atomic mass is 9.85. The van der Waals surface area contributed by atoms with Crippen LogP contribution in [0.1, 0.15) is 81.5 Å². The van der Waals surface area contributed by atoms with Gasteiger partial charge >= 0.3 is 0 Å². The summed E-state index contributed by atoms with van der Waals surface area (Å²) in [6, 6.07) is 0. The second kappa shape index (κ2) is 6.88. The van der Waals surface area contributed by atoms with Crippen LogP contribution in [-0.2, 0) is 4.74 Å². The maximum absolute atomic E-state index is 9.59. The van der Waals surface area contributed by atoms with E-state index >= 15 is 0 Å². The molecule has 1 unspecified atom stereocenters. The Morgan fingerprint density at radius 3 is 2.48 bits per heavy atom. The molecule has 118 valence electrons. The Morgan fingerprint density at radius 1 is 1.10 bits per heavy atom. The fourth-order valence-electron chi connectivity index (χ4n) is 3.80. The minimum absolute atomic E-state index is 0.0306. The highest BCUT2D eigenvalue weighted by Crippen LogP contribution is 2.37. The van der Waals surface area contributed by atoms with Crippen LogP contribution in [0.2, 0.25) is 0 Å². The molecule has 1 aromatic rings. The number of nitrogens with zero attached hydrogens (tertiary/aromatic N) is 2. The summed E-state index contributed by atoms with van der Waals surface area (Å²) in [7, 11) is 1.74. The van der Waals surface area contributed by atoms with Gasteiger partial charge in [0, 0.05) is 13.0 Å². The molecule has 0 spiro atoms. The third-order valence-electron chi connectivity index (χ3n) is 5.09. The summed E-state index contributed by atoms with van der Waals surface area (Å²) in [6.45, 7) is 0. The fourth-order valence-corrected chi connectivity index (χ4v) is 3.80. The van der Waals surface area contributed by atoms with Crippen molar-refractivity contribution in [3.8, 4) is 0 Å². The standard InChI is InChI=1S/C16H26N2O3/c1-20-14(11-5-3-2-4-6-11)15-17-16(21-18-15)12-7-9-13(19)10-8-12/h11-14,19H,2-10H2,1H3. The number of methoxy groups -OCH3 is 1. The van der Waals surface area contributed by atoms with Crippen molar-refractivity contribution >= 4 is 0 Å². The van der Waals surface area contributed by atoms with E-state index in [0.717, 1.165) is 31.6 Å². The molecule has 0 bridgehead atoms. The van der Waals surface area contributed by atoms with Gasteiger partial charge in [0.2, 0.25) is 11.7 Å². The van der Waals surface area contributed by atoms with Crippen LogP contribution in [0.3, 0.4) is 0 Å². The highest BCUT2D eigenvalue weighted by Gasteiger charge is 2.31. The van der Waals surface area contributed by atoms with Crippen LogP contribution in [0, 0.1) is 5.92 Å². The Kier molecular flexibility index (Phi) is 4.91. The molecule has 1 atom stereocenters. The zero-order valence-electron chi connectivity index (χ0n) is 12.8. The van der Waals surface area contributed by atoms with Crippen molar-refractivity contribution in [2.24, 2.45) is 5.92 Å². The normalized spacial score (nSPS) is 29.4. The summed E-state index contributed by atoms with van der Waals surface area (Å²) in [5.74, 6) is 2.26. The van der Waals surface area contributed by atoms with Gasteiger partial charge in [0.1, 0.15) is 6.10 Å². The predicted molar refractivity (Wildman–Crippen MR) is 77.8 cm³/mol. The van der Waals surface area contributed by atoms with E-state index < -0.39 is 0 Å². The molecule has 0 saturated heterocycles. The van der Waals surface area contributed by atoms with Gasteiger partial charge in [-0.05, 0) is 44.4 Å². The third kappa shape index (κ3) is 3.46. The van der Waals surface area contributed by atoms with E-state index in [0.29, 0.717) is 17.7 Å². The monoisotopic (exact) mass is 294 g/mol. The highest BCUT2D eigenvalue weighted by molar-refractivity contribution is 5.00. The maximum atomic E-state index is 9.59. The van der Waals surface area contributed by atoms with Crippen molar-refractivity contribution in [1.29, 1.82) is 0 Å². The lowest BCUT2D eigenvalue weighted by molar-refractivity contribution is 0.0273. The van der Waals surface area contributed by atoms with Crippen LogP contribution >= 0.6 is 0 Å². The van der Waals surface area contributed by atoms with Crippen molar-refractivity contribution in [1.82, 2.24) is 10.1 Å². The summed E-state index contributed by atoms with van der Waals surface area (Å²) in [4.78, 5) is 4.62. The van der Waals surface area contributed by atoms with E-state index in [1.54, 1.807) is 7.11 Å². The van der Waals surface area contributed by atoms with Gasteiger partial charge in [-0.15, -0.1) is 0 Å². The van der Waals surface area contributed by atoms with Gasteiger partial charge in [0.05, 0.1) is 6.10 Å². The van der Waals surface area contributed by atoms with Gasteiger partial charge in [0.25, 0.3) is 0 Å². The summed E-state index contributed by atoms with van der Waals surface area (Å²) >= 11 is 0. The van der Waals surface area contributed by atoms with Crippen LogP contribution in [-0.4, -0.2) is 28.5 Å². The largest absolute Gasteiger partial charge is 0.393 e. The van der Waals surface area contributed by atoms with Crippen LogP contribution in [0.25, 0.3) is 0 Å². The predicted octanol–water partition coefficient (Wildman–Crippen LogP) is 3.36. The van der Waals surface area contributed by atoms with Gasteiger partial charge in [0.15, 0.2) is 0 Å². The summed E-state index contributed by atoms with van der Waals surface area (Å²) in [6.07, 6.45) is 9.61. The minimum Gasteiger partial charge on any atom is -0.393 e. The highest BCUT2D eigenvalue weighted by atomic mass is 16.5. The zero-order valence-corrected chi connectivity index (χ0v) is 12.8. The molecule has 0 aliphatic heterocycles. The Morgan fingerprint density at radius 2 is 1.81 bits per heavy atom. The lowest BCUT2D eigenvalue weighted by Gasteiger charge is -2.27. The van der Waals surface area contributed by atoms with Crippen molar-refractivity contribution < 1.29 is 14.4 Å². The number of aliphatic hydroxyl groups is 1. The topological polar surface area (TPSA) is 68.4 Å². The molecule has 1 aromatic heterocycles. The SMILES string of the molecule is COC(c1noc(C2CCC(O)CC2)n1)C1CCCCC1. The Labute approximate surface area is 126 Å². The minimum atomic E-state index is -0.155. The molecule has 0 radical (unpaired) electrons. The first kappa shape index (κ1) is 15.0. The smallest absolute Gasteiger partial charge is 0.229 e. The van der Waals surface area contributed by atoms with E-state index in [4.69, 9.17) is 9.26 Å². The quantitative estimate of drug-likeness (QED) is 0.922. The first-order valence-corrected chi connectivity index (χ1v) is 8.32. The molecule has 5 nitrogen and oxygen atoms in total. The molecule has 0 aromatic carbocycles. The Balaban J connectivity index is 1.67. The number of ether oxygens (including phenoxy) is 1. The van der Waals surface area contributed by atoms with Gasteiger partial charge < -0.3 is 14.4 Å². The number of hydrogen-bond acceptors (Lipinski definition) is 5. The summed E-state index contributed by atoms with van der Waals surface area (Å²) in [5.41, 5.74) is 0. The average Bonchev–Trinajstić information content (AvgIpc) is 2.99. The molecule has 2 saturated carbocycles. The van der Waals surface area contributed by atoms with Crippen molar-refractivity contribution in [3.05, 3.63) is 11.7 Å². The molecular weight excluding hydrogens is 268 g/mol. The molecule has 2 fully saturated rings. The molecule has 5 heteroatoms. The Bertz CT molecular complexity index is 434. The van der Waals surface area contributed by atoms with Gasteiger partial charge in [-0.25, -0.2) is 0 Å². The average molecular weight is 294 g/mol. The van der Waals surface area contributed by atoms with Crippen LogP contribution in [0.15, 0.2) is 4.52 Å². The van der Waals surface area contributed by atoms with Crippen molar-refractivity contribution in [2.75, 3.05) is 7.11 Å². The molecule has 2 aliphatic carbocycles. The van der Waals surface area contributed by atoms with Crippen molar-refractivity contribution in [2.45, 2.75) is 75.9 Å². The summed E-state index contributed by atoms with van der Waals surface area (Å²) < 4.78 is 11.2. The maximum Gasteiger partial charge on any atom is 0.229 e. The molecule has 2 aliphatic rings. The van der Waals surface area contributed by atoms with Gasteiger partial charge in [-0.2, -0.15) is 4.98 Å². The molecule has 1 N–H and O–H groups in total. The van der Waals surface area contributed by atoms with Crippen LogP contribution in [0.4, 0.5) is 0 Å². The number of aromatic nitrogens is 2. The van der Waals surface area contributed by atoms with E-state index in [1.165, 1.54) is 32.1 Å². The van der Waals surface area contributed by atoms with E-state index in [2.05, 4.69) is 10.1 Å². The second-order valence-corrected chi connectivity index (χ2v) is 6.55. The third-order valence-corrected chi connectivity index (χ3v) is 5.09. The number of rotatable bonds is 4.